The second-order valence-corrected chi connectivity index (χ2v) is 23.4. The van der Waals surface area contributed by atoms with E-state index in [0.717, 1.165) is 134 Å². The van der Waals surface area contributed by atoms with Gasteiger partial charge in [-0.3, -0.25) is 0 Å². The van der Waals surface area contributed by atoms with Crippen molar-refractivity contribution in [3.05, 3.63) is 237 Å². The first-order chi connectivity index (χ1) is 42.7. The number of nitrogens with one attached hydrogen (secondary N) is 3. The molecule has 0 aliphatic rings. The summed E-state index contributed by atoms with van der Waals surface area (Å²) in [4.78, 5) is 7.03. The summed E-state index contributed by atoms with van der Waals surface area (Å²) in [6, 6.07) is 81.6. The van der Waals surface area contributed by atoms with Gasteiger partial charge in [-0.2, -0.15) is 0 Å². The van der Waals surface area contributed by atoms with Gasteiger partial charge in [0.2, 0.25) is 0 Å². The maximum atomic E-state index is 5.70. The van der Waals surface area contributed by atoms with Crippen LogP contribution >= 0.6 is 34.0 Å². The van der Waals surface area contributed by atoms with Gasteiger partial charge in [0.15, 0.2) is 0 Å². The summed E-state index contributed by atoms with van der Waals surface area (Å²) in [5.41, 5.74) is 11.8. The predicted molar refractivity (Wildman–Crippen MR) is 365 cm³/mol. The Bertz CT molecular complexity index is 3910. The van der Waals surface area contributed by atoms with E-state index < -0.39 is 0 Å². The number of hydrogen-bond acceptors (Lipinski definition) is 15. The Hall–Kier alpha value is -10.3. The first-order valence-corrected chi connectivity index (χ1v) is 30.5. The number of benzene rings is 10. The molecular formula is C72H60N6O6S3. The molecular weight excluding hydrogens is 1140 g/mol. The topological polar surface area (TPSA) is 101 Å². The SMILES string of the molecule is COc1ccc(Nc2ccc(N(c3ccc(OC)cc3)c3cc4c(s3)c3cc(N(c5ccc(Nc6ccc(OC)cc6)cc5)c5ccc(OC)cc5)sc3c3cc(N(c5ccc(Nc6ccc(OC)cc6)cc5)c5ccc(OC)cc5)sc43)cc2)cc1. The molecule has 0 fully saturated rings. The molecule has 0 bridgehead atoms. The van der Waals surface area contributed by atoms with Crippen molar-refractivity contribution in [3.8, 4) is 34.5 Å². The molecule has 0 radical (unpaired) electrons. The molecule has 0 amide bonds. The number of anilines is 15. The Morgan fingerprint density at radius 1 is 0.230 bits per heavy atom. The van der Waals surface area contributed by atoms with Crippen molar-refractivity contribution in [2.45, 2.75) is 0 Å². The third kappa shape index (κ3) is 11.7. The fourth-order valence-corrected chi connectivity index (χ4v) is 14.5. The van der Waals surface area contributed by atoms with Crippen molar-refractivity contribution in [1.82, 2.24) is 0 Å². The van der Waals surface area contributed by atoms with Gasteiger partial charge in [0.1, 0.15) is 49.5 Å². The van der Waals surface area contributed by atoms with Crippen molar-refractivity contribution in [2.24, 2.45) is 0 Å². The number of nitrogens with zero attached hydrogens (tertiary/aromatic N) is 3. The van der Waals surface area contributed by atoms with E-state index in [-0.39, 0.29) is 0 Å². The second kappa shape index (κ2) is 24.7. The molecule has 0 spiro atoms. The molecule has 0 aliphatic carbocycles. The Labute approximate surface area is 517 Å². The van der Waals surface area contributed by atoms with E-state index >= 15 is 0 Å². The average molecular weight is 1200 g/mol. The van der Waals surface area contributed by atoms with Crippen LogP contribution in [-0.2, 0) is 0 Å². The third-order valence-corrected chi connectivity index (χ3v) is 18.5. The van der Waals surface area contributed by atoms with Crippen LogP contribution in [-0.4, -0.2) is 42.7 Å². The largest absolute Gasteiger partial charge is 0.497 e. The molecule has 0 saturated heterocycles. The molecule has 12 nitrogen and oxygen atoms in total. The second-order valence-electron chi connectivity index (χ2n) is 20.3. The molecule has 87 heavy (non-hydrogen) atoms. The van der Waals surface area contributed by atoms with Crippen LogP contribution in [0.1, 0.15) is 0 Å². The van der Waals surface area contributed by atoms with Crippen LogP contribution in [0.15, 0.2) is 237 Å². The Kier molecular flexibility index (Phi) is 15.9. The van der Waals surface area contributed by atoms with E-state index in [4.69, 9.17) is 28.4 Å². The van der Waals surface area contributed by atoms with Crippen LogP contribution < -0.4 is 59.1 Å². The van der Waals surface area contributed by atoms with Crippen LogP contribution in [0.5, 0.6) is 34.5 Å². The van der Waals surface area contributed by atoms with Crippen molar-refractivity contribution in [3.63, 3.8) is 0 Å². The van der Waals surface area contributed by atoms with Crippen LogP contribution in [0.2, 0.25) is 0 Å². The third-order valence-electron chi connectivity index (χ3n) is 15.1. The molecule has 10 aromatic carbocycles. The zero-order valence-electron chi connectivity index (χ0n) is 48.5. The highest BCUT2D eigenvalue weighted by Crippen LogP contribution is 2.55. The van der Waals surface area contributed by atoms with Gasteiger partial charge in [-0.05, 0) is 237 Å². The lowest BCUT2D eigenvalue weighted by atomic mass is 10.1. The lowest BCUT2D eigenvalue weighted by Gasteiger charge is -2.24. The van der Waals surface area contributed by atoms with Crippen molar-refractivity contribution in [2.75, 3.05) is 73.3 Å². The quantitative estimate of drug-likeness (QED) is 0.0639. The van der Waals surface area contributed by atoms with Gasteiger partial charge in [0, 0.05) is 98.5 Å². The van der Waals surface area contributed by atoms with Gasteiger partial charge in [-0.15, -0.1) is 34.0 Å². The first kappa shape index (κ1) is 55.8. The smallest absolute Gasteiger partial charge is 0.119 e. The zero-order chi connectivity index (χ0) is 59.4. The van der Waals surface area contributed by atoms with E-state index in [9.17, 15) is 0 Å². The highest BCUT2D eigenvalue weighted by molar-refractivity contribution is 7.30. The average Bonchev–Trinajstić information content (AvgIpc) is 1.63. The van der Waals surface area contributed by atoms with Crippen LogP contribution in [0.25, 0.3) is 30.3 Å². The van der Waals surface area contributed by atoms with Gasteiger partial charge in [0.25, 0.3) is 0 Å². The number of fused-ring (bicyclic) bond motifs is 6. The Balaban J connectivity index is 0.983. The predicted octanol–water partition coefficient (Wildman–Crippen LogP) is 21.0. The minimum absolute atomic E-state index is 0.781. The summed E-state index contributed by atoms with van der Waals surface area (Å²) in [5, 5.41) is 17.4. The van der Waals surface area contributed by atoms with E-state index in [1.54, 1.807) is 76.7 Å². The summed E-state index contributed by atoms with van der Waals surface area (Å²) >= 11 is 5.38. The number of rotatable bonds is 21. The maximum absolute atomic E-state index is 5.70. The molecule has 0 atom stereocenters. The highest BCUT2D eigenvalue weighted by Gasteiger charge is 2.26. The summed E-state index contributed by atoms with van der Waals surface area (Å²) in [6.45, 7) is 0. The Morgan fingerprint density at radius 3 is 0.575 bits per heavy atom. The number of hydrogen-bond donors (Lipinski definition) is 3. The molecule has 15 heteroatoms. The molecule has 13 aromatic rings. The van der Waals surface area contributed by atoms with Gasteiger partial charge in [-0.1, -0.05) is 0 Å². The van der Waals surface area contributed by atoms with E-state index in [0.29, 0.717) is 0 Å². The molecule has 0 unspecified atom stereocenters. The van der Waals surface area contributed by atoms with Gasteiger partial charge in [-0.25, -0.2) is 0 Å². The molecule has 3 N–H and O–H groups in total. The normalized spacial score (nSPS) is 11.1. The summed E-state index contributed by atoms with van der Waals surface area (Å²) in [6.07, 6.45) is 0. The van der Waals surface area contributed by atoms with Crippen LogP contribution in [0, 0.1) is 0 Å². The standard InChI is InChI=1S/C72H60N6O6S3/c1-79-58-31-13-49(14-32-58)73-46-7-19-52(20-8-46)76(55-25-37-61(82-4)38-26-55)67-43-64-70(85-67)65-44-68(77(56-27-39-62(83-5)40-28-56)53-21-9-47(10-22-53)74-50-15-33-59(80-2)34-16-50)87-72(65)66-45-69(86-71(64)66)78(57-29-41-63(84-6)42-30-57)54-23-11-48(12-24-54)75-51-17-35-60(81-3)36-18-51/h7-45,73-75H,1-6H3. The zero-order valence-corrected chi connectivity index (χ0v) is 51.0. The van der Waals surface area contributed by atoms with Gasteiger partial charge in [0.05, 0.1) is 42.7 Å². The van der Waals surface area contributed by atoms with Crippen LogP contribution in [0.4, 0.5) is 83.3 Å². The molecule has 0 aliphatic heterocycles. The van der Waals surface area contributed by atoms with Crippen molar-refractivity contribution < 1.29 is 28.4 Å². The maximum Gasteiger partial charge on any atom is 0.119 e. The minimum atomic E-state index is 0.781. The van der Waals surface area contributed by atoms with E-state index in [2.05, 4.69) is 158 Å². The minimum Gasteiger partial charge on any atom is -0.497 e. The lowest BCUT2D eigenvalue weighted by Crippen LogP contribution is -2.08. The fourth-order valence-electron chi connectivity index (χ4n) is 10.6. The number of ether oxygens (including phenoxy) is 6. The fraction of sp³-hybridized carbons (Fsp3) is 0.0833. The first-order valence-electron chi connectivity index (χ1n) is 28.0. The summed E-state index contributed by atoms with van der Waals surface area (Å²) < 4.78 is 36.9. The lowest BCUT2D eigenvalue weighted by molar-refractivity contribution is 0.414. The number of thiophene rings is 3. The summed E-state index contributed by atoms with van der Waals surface area (Å²) in [5.74, 6) is 4.76. The van der Waals surface area contributed by atoms with Gasteiger partial charge < -0.3 is 59.1 Å². The summed E-state index contributed by atoms with van der Waals surface area (Å²) in [7, 11) is 10.1. The number of methoxy groups -OCH3 is 6. The van der Waals surface area contributed by atoms with Crippen LogP contribution in [0.3, 0.4) is 0 Å². The molecule has 3 heterocycles. The van der Waals surface area contributed by atoms with Crippen molar-refractivity contribution in [1.29, 1.82) is 0 Å². The van der Waals surface area contributed by atoms with E-state index in [1.807, 2.05) is 109 Å². The molecule has 3 aromatic heterocycles. The molecule has 432 valence electrons. The molecule has 0 saturated carbocycles. The molecule has 13 rings (SSSR count). The Morgan fingerprint density at radius 2 is 0.391 bits per heavy atom. The highest BCUT2D eigenvalue weighted by atomic mass is 32.1. The monoisotopic (exact) mass is 1200 g/mol. The van der Waals surface area contributed by atoms with E-state index in [1.165, 1.54) is 14.1 Å². The van der Waals surface area contributed by atoms with Gasteiger partial charge >= 0.3 is 0 Å². The van der Waals surface area contributed by atoms with Crippen molar-refractivity contribution >= 4 is 148 Å².